The molecule has 0 saturated heterocycles. The minimum absolute atomic E-state index is 0.274. The quantitative estimate of drug-likeness (QED) is 0.467. The first kappa shape index (κ1) is 15.4. The van der Waals surface area contributed by atoms with Crippen LogP contribution in [0.1, 0.15) is 10.6 Å². The third-order valence-electron chi connectivity index (χ3n) is 4.47. The summed E-state index contributed by atoms with van der Waals surface area (Å²) in [5, 5.41) is 3.83. The molecule has 5 aromatic rings. The lowest BCUT2D eigenvalue weighted by molar-refractivity contribution is 0.0999. The summed E-state index contributed by atoms with van der Waals surface area (Å²) >= 11 is 0. The molecule has 27 heavy (non-hydrogen) atoms. The molecule has 0 aliphatic rings. The van der Waals surface area contributed by atoms with Crippen molar-refractivity contribution in [2.45, 2.75) is 0 Å². The van der Waals surface area contributed by atoms with Crippen LogP contribution in [0.25, 0.3) is 33.4 Å². The van der Waals surface area contributed by atoms with Gasteiger partial charge in [-0.1, -0.05) is 42.5 Å². The van der Waals surface area contributed by atoms with Gasteiger partial charge in [-0.15, -0.1) is 0 Å². The van der Waals surface area contributed by atoms with Crippen LogP contribution in [-0.2, 0) is 0 Å². The molecule has 3 aromatic carbocycles. The first-order valence-electron chi connectivity index (χ1n) is 8.62. The van der Waals surface area contributed by atoms with E-state index >= 15 is 0 Å². The fraction of sp³-hybridized carbons (Fsp3) is 0. The van der Waals surface area contributed by atoms with E-state index in [-0.39, 0.29) is 11.7 Å². The molecule has 0 radical (unpaired) electrons. The van der Waals surface area contributed by atoms with Crippen LogP contribution in [0.3, 0.4) is 0 Å². The van der Waals surface area contributed by atoms with Crippen molar-refractivity contribution in [2.24, 2.45) is 0 Å². The number of aromatic amines is 1. The van der Waals surface area contributed by atoms with E-state index in [9.17, 15) is 4.79 Å². The van der Waals surface area contributed by atoms with Crippen LogP contribution in [0.15, 0.2) is 83.3 Å². The number of hydrogen-bond donors (Lipinski definition) is 2. The van der Waals surface area contributed by atoms with E-state index in [0.29, 0.717) is 17.1 Å². The summed E-state index contributed by atoms with van der Waals surface area (Å²) in [6.45, 7) is 0. The highest BCUT2D eigenvalue weighted by molar-refractivity contribution is 6.06. The first-order chi connectivity index (χ1) is 13.3. The molecule has 130 valence electrons. The molecular weight excluding hydrogens is 338 g/mol. The minimum atomic E-state index is -0.297. The van der Waals surface area contributed by atoms with Gasteiger partial charge >= 0.3 is 0 Å². The standard InChI is InChI=1S/C22H15N3O2/c26-22(20-13-14-7-1-6-12-19(14)27-20)25-16-9-3-2-8-15(16)21-23-17-10-4-5-11-18(17)24-21/h1-13H,(H,23,24)(H,25,26). The number of hydrogen-bond acceptors (Lipinski definition) is 3. The van der Waals surface area contributed by atoms with Crippen LogP contribution in [0.4, 0.5) is 5.69 Å². The molecule has 2 aromatic heterocycles. The van der Waals surface area contributed by atoms with E-state index in [1.165, 1.54) is 0 Å². The number of carbonyl (C=O) groups excluding carboxylic acids is 1. The van der Waals surface area contributed by atoms with Gasteiger partial charge in [-0.3, -0.25) is 4.79 Å². The van der Waals surface area contributed by atoms with E-state index in [0.717, 1.165) is 22.0 Å². The zero-order valence-electron chi connectivity index (χ0n) is 14.3. The third kappa shape index (κ3) is 2.75. The van der Waals surface area contributed by atoms with E-state index in [4.69, 9.17) is 4.42 Å². The van der Waals surface area contributed by atoms with Crippen molar-refractivity contribution in [3.05, 3.63) is 84.6 Å². The average Bonchev–Trinajstić information content (AvgIpc) is 3.32. The predicted molar refractivity (Wildman–Crippen MR) is 106 cm³/mol. The Kier molecular flexibility index (Phi) is 3.50. The molecule has 1 amide bonds. The van der Waals surface area contributed by atoms with Gasteiger partial charge in [0, 0.05) is 10.9 Å². The molecule has 0 spiro atoms. The van der Waals surface area contributed by atoms with Crippen molar-refractivity contribution in [1.82, 2.24) is 9.97 Å². The number of imidazole rings is 1. The minimum Gasteiger partial charge on any atom is -0.451 e. The zero-order chi connectivity index (χ0) is 18.2. The maximum atomic E-state index is 12.7. The van der Waals surface area contributed by atoms with E-state index in [1.807, 2.05) is 72.8 Å². The number of para-hydroxylation sites is 4. The highest BCUT2D eigenvalue weighted by Crippen LogP contribution is 2.28. The lowest BCUT2D eigenvalue weighted by Gasteiger charge is -2.08. The Morgan fingerprint density at radius 1 is 0.926 bits per heavy atom. The van der Waals surface area contributed by atoms with Crippen LogP contribution in [0, 0.1) is 0 Å². The second kappa shape index (κ2) is 6.14. The van der Waals surface area contributed by atoms with E-state index < -0.39 is 0 Å². The smallest absolute Gasteiger partial charge is 0.291 e. The van der Waals surface area contributed by atoms with Gasteiger partial charge in [-0.2, -0.15) is 0 Å². The molecule has 0 bridgehead atoms. The van der Waals surface area contributed by atoms with Gasteiger partial charge in [-0.25, -0.2) is 4.98 Å². The number of amides is 1. The molecule has 0 aliphatic heterocycles. The van der Waals surface area contributed by atoms with E-state index in [2.05, 4.69) is 15.3 Å². The largest absolute Gasteiger partial charge is 0.451 e. The molecule has 5 nitrogen and oxygen atoms in total. The van der Waals surface area contributed by atoms with Gasteiger partial charge in [-0.05, 0) is 36.4 Å². The number of H-pyrrole nitrogens is 1. The summed E-state index contributed by atoms with van der Waals surface area (Å²) in [5.74, 6) is 0.682. The number of nitrogens with one attached hydrogen (secondary N) is 2. The number of furan rings is 1. The Bertz CT molecular complexity index is 1220. The SMILES string of the molecule is O=C(Nc1ccccc1-c1nc2ccccc2[nH]1)c1cc2ccccc2o1. The summed E-state index contributed by atoms with van der Waals surface area (Å²) in [6.07, 6.45) is 0. The molecular formula is C22H15N3O2. The van der Waals surface area contributed by atoms with Crippen LogP contribution >= 0.6 is 0 Å². The van der Waals surface area contributed by atoms with Crippen LogP contribution in [0.2, 0.25) is 0 Å². The summed E-state index contributed by atoms with van der Waals surface area (Å²) < 4.78 is 5.66. The fourth-order valence-corrected chi connectivity index (χ4v) is 3.16. The first-order valence-corrected chi connectivity index (χ1v) is 8.62. The number of anilines is 1. The lowest BCUT2D eigenvalue weighted by Crippen LogP contribution is -2.11. The predicted octanol–water partition coefficient (Wildman–Crippen LogP) is 5.23. The third-order valence-corrected chi connectivity index (χ3v) is 4.47. The van der Waals surface area contributed by atoms with Gasteiger partial charge in [0.1, 0.15) is 11.4 Å². The monoisotopic (exact) mass is 353 g/mol. The van der Waals surface area contributed by atoms with Crippen LogP contribution in [-0.4, -0.2) is 15.9 Å². The molecule has 2 heterocycles. The second-order valence-electron chi connectivity index (χ2n) is 6.25. The van der Waals surface area contributed by atoms with Crippen molar-refractivity contribution >= 4 is 33.6 Å². The van der Waals surface area contributed by atoms with Gasteiger partial charge in [0.05, 0.1) is 16.7 Å². The van der Waals surface area contributed by atoms with Crippen LogP contribution < -0.4 is 5.32 Å². The van der Waals surface area contributed by atoms with Gasteiger partial charge in [0.25, 0.3) is 5.91 Å². The molecule has 2 N–H and O–H groups in total. The normalized spacial score (nSPS) is 11.1. The van der Waals surface area contributed by atoms with Gasteiger partial charge < -0.3 is 14.7 Å². The zero-order valence-corrected chi connectivity index (χ0v) is 14.3. The number of rotatable bonds is 3. The highest BCUT2D eigenvalue weighted by atomic mass is 16.3. The Balaban J connectivity index is 1.51. The Morgan fingerprint density at radius 2 is 1.70 bits per heavy atom. The van der Waals surface area contributed by atoms with Gasteiger partial charge in [0.2, 0.25) is 0 Å². The number of nitrogens with zero attached hydrogens (tertiary/aromatic N) is 1. The van der Waals surface area contributed by atoms with Crippen LogP contribution in [0.5, 0.6) is 0 Å². The highest BCUT2D eigenvalue weighted by Gasteiger charge is 2.16. The summed E-state index contributed by atoms with van der Waals surface area (Å²) in [7, 11) is 0. The number of benzene rings is 3. The topological polar surface area (TPSA) is 70.9 Å². The molecule has 0 aliphatic carbocycles. The summed E-state index contributed by atoms with van der Waals surface area (Å²) in [5.41, 5.74) is 4.00. The van der Waals surface area contributed by atoms with Crippen molar-refractivity contribution < 1.29 is 9.21 Å². The summed E-state index contributed by atoms with van der Waals surface area (Å²) in [6, 6.07) is 24.7. The number of aromatic nitrogens is 2. The molecule has 0 saturated carbocycles. The average molecular weight is 353 g/mol. The molecule has 0 atom stereocenters. The lowest BCUT2D eigenvalue weighted by atomic mass is 10.1. The maximum absolute atomic E-state index is 12.7. The fourth-order valence-electron chi connectivity index (χ4n) is 3.16. The van der Waals surface area contributed by atoms with Crippen molar-refractivity contribution in [3.63, 3.8) is 0 Å². The van der Waals surface area contributed by atoms with E-state index in [1.54, 1.807) is 6.07 Å². The Hall–Kier alpha value is -3.86. The second-order valence-corrected chi connectivity index (χ2v) is 6.25. The molecule has 0 unspecified atom stereocenters. The number of carbonyl (C=O) groups is 1. The van der Waals surface area contributed by atoms with Gasteiger partial charge in [0.15, 0.2) is 5.76 Å². The maximum Gasteiger partial charge on any atom is 0.291 e. The van der Waals surface area contributed by atoms with Crippen molar-refractivity contribution in [2.75, 3.05) is 5.32 Å². The number of fused-ring (bicyclic) bond motifs is 2. The van der Waals surface area contributed by atoms with Crippen molar-refractivity contribution in [1.29, 1.82) is 0 Å². The molecule has 5 heteroatoms. The molecule has 0 fully saturated rings. The Labute approximate surface area is 154 Å². The molecule has 5 rings (SSSR count). The summed E-state index contributed by atoms with van der Waals surface area (Å²) in [4.78, 5) is 20.6. The van der Waals surface area contributed by atoms with Crippen molar-refractivity contribution in [3.8, 4) is 11.4 Å². The Morgan fingerprint density at radius 3 is 2.59 bits per heavy atom.